The Labute approximate surface area is 152 Å². The van der Waals surface area contributed by atoms with Crippen molar-refractivity contribution in [1.82, 2.24) is 15.1 Å². The maximum absolute atomic E-state index is 12.2. The van der Waals surface area contributed by atoms with Crippen LogP contribution in [0.1, 0.15) is 41.5 Å². The summed E-state index contributed by atoms with van der Waals surface area (Å²) < 4.78 is 7.27. The number of benzene rings is 1. The molecule has 0 radical (unpaired) electrons. The predicted octanol–water partition coefficient (Wildman–Crippen LogP) is 3.73. The molecule has 132 valence electrons. The molecule has 0 aliphatic heterocycles. The molecule has 2 heterocycles. The third-order valence-electron chi connectivity index (χ3n) is 4.70. The van der Waals surface area contributed by atoms with Gasteiger partial charge in [0.1, 0.15) is 5.76 Å². The summed E-state index contributed by atoms with van der Waals surface area (Å²) in [7, 11) is 0. The molecule has 0 saturated heterocycles. The highest BCUT2D eigenvalue weighted by Gasteiger charge is 2.25. The molecule has 0 saturated carbocycles. The normalized spacial score (nSPS) is 16.5. The highest BCUT2D eigenvalue weighted by Crippen LogP contribution is 2.30. The smallest absolute Gasteiger partial charge is 0.244 e. The van der Waals surface area contributed by atoms with Crippen LogP contribution in [0.25, 0.3) is 6.08 Å². The number of nitrogens with one attached hydrogen (secondary N) is 1. The minimum absolute atomic E-state index is 0.0111. The molecule has 0 bridgehead atoms. The number of furan rings is 1. The summed E-state index contributed by atoms with van der Waals surface area (Å²) in [6.07, 6.45) is 9.66. The van der Waals surface area contributed by atoms with Crippen LogP contribution >= 0.6 is 0 Å². The van der Waals surface area contributed by atoms with Crippen molar-refractivity contribution in [1.29, 1.82) is 0 Å². The summed E-state index contributed by atoms with van der Waals surface area (Å²) in [6, 6.07) is 13.9. The minimum atomic E-state index is -0.116. The number of amides is 1. The van der Waals surface area contributed by atoms with Crippen LogP contribution in [0.15, 0.2) is 65.4 Å². The van der Waals surface area contributed by atoms with Crippen LogP contribution in [-0.2, 0) is 17.8 Å². The Morgan fingerprint density at radius 1 is 1.27 bits per heavy atom. The van der Waals surface area contributed by atoms with Crippen molar-refractivity contribution in [3.63, 3.8) is 0 Å². The average molecular weight is 347 g/mol. The fraction of sp³-hybridized carbons (Fsp3) is 0.238. The molecule has 1 aliphatic rings. The lowest BCUT2D eigenvalue weighted by molar-refractivity contribution is -0.117. The second kappa shape index (κ2) is 7.44. The second-order valence-corrected chi connectivity index (χ2v) is 6.49. The van der Waals surface area contributed by atoms with Crippen LogP contribution < -0.4 is 5.32 Å². The van der Waals surface area contributed by atoms with Crippen molar-refractivity contribution in [3.8, 4) is 0 Å². The second-order valence-electron chi connectivity index (χ2n) is 6.49. The zero-order valence-corrected chi connectivity index (χ0v) is 14.5. The van der Waals surface area contributed by atoms with Crippen molar-refractivity contribution in [3.05, 3.63) is 83.6 Å². The average Bonchev–Trinajstić information content (AvgIpc) is 3.32. The van der Waals surface area contributed by atoms with E-state index >= 15 is 0 Å². The quantitative estimate of drug-likeness (QED) is 0.716. The van der Waals surface area contributed by atoms with Gasteiger partial charge in [-0.1, -0.05) is 30.3 Å². The number of carbonyl (C=O) groups excluding carboxylic acids is 1. The molecule has 0 spiro atoms. The molecule has 1 aliphatic carbocycles. The van der Waals surface area contributed by atoms with Gasteiger partial charge in [-0.3, -0.25) is 9.48 Å². The lowest BCUT2D eigenvalue weighted by Crippen LogP contribution is -2.29. The molecule has 1 atom stereocenters. The lowest BCUT2D eigenvalue weighted by atomic mass is 9.93. The topological polar surface area (TPSA) is 60.1 Å². The van der Waals surface area contributed by atoms with Crippen molar-refractivity contribution in [2.75, 3.05) is 0 Å². The van der Waals surface area contributed by atoms with Crippen LogP contribution in [0, 0.1) is 0 Å². The zero-order valence-electron chi connectivity index (χ0n) is 14.5. The molecule has 3 aromatic rings. The maximum atomic E-state index is 12.2. The molecular formula is C21H21N3O2. The number of rotatable bonds is 5. The third-order valence-corrected chi connectivity index (χ3v) is 4.70. The van der Waals surface area contributed by atoms with Gasteiger partial charge in [-0.2, -0.15) is 5.10 Å². The highest BCUT2D eigenvalue weighted by molar-refractivity contribution is 5.91. The van der Waals surface area contributed by atoms with Gasteiger partial charge in [0.25, 0.3) is 0 Å². The number of nitrogens with zero attached hydrogens (tertiary/aromatic N) is 2. The predicted molar refractivity (Wildman–Crippen MR) is 99.3 cm³/mol. The van der Waals surface area contributed by atoms with Crippen LogP contribution in [-0.4, -0.2) is 15.7 Å². The Morgan fingerprint density at radius 2 is 2.15 bits per heavy atom. The van der Waals surface area contributed by atoms with Gasteiger partial charge in [-0.25, -0.2) is 0 Å². The van der Waals surface area contributed by atoms with E-state index in [0.717, 1.165) is 31.4 Å². The van der Waals surface area contributed by atoms with Gasteiger partial charge < -0.3 is 9.73 Å². The molecule has 1 N–H and O–H groups in total. The van der Waals surface area contributed by atoms with Crippen LogP contribution in [0.4, 0.5) is 0 Å². The lowest BCUT2D eigenvalue weighted by Gasteiger charge is -2.23. The number of hydrogen-bond donors (Lipinski definition) is 1. The molecule has 1 aromatic carbocycles. The van der Waals surface area contributed by atoms with Gasteiger partial charge >= 0.3 is 0 Å². The first-order valence-corrected chi connectivity index (χ1v) is 8.90. The van der Waals surface area contributed by atoms with Gasteiger partial charge in [0, 0.05) is 17.3 Å². The van der Waals surface area contributed by atoms with Gasteiger partial charge in [-0.15, -0.1) is 0 Å². The summed E-state index contributed by atoms with van der Waals surface area (Å²) in [5.74, 6) is 0.551. The molecule has 2 aromatic heterocycles. The van der Waals surface area contributed by atoms with Gasteiger partial charge in [-0.05, 0) is 43.0 Å². The maximum Gasteiger partial charge on any atom is 0.244 e. The number of hydrogen-bond acceptors (Lipinski definition) is 3. The monoisotopic (exact) mass is 347 g/mol. The fourth-order valence-corrected chi connectivity index (χ4v) is 3.43. The van der Waals surface area contributed by atoms with Gasteiger partial charge in [0.05, 0.1) is 25.0 Å². The molecule has 0 unspecified atom stereocenters. The summed E-state index contributed by atoms with van der Waals surface area (Å²) >= 11 is 0. The Kier molecular flexibility index (Phi) is 4.69. The van der Waals surface area contributed by atoms with Gasteiger partial charge in [0.15, 0.2) is 0 Å². The highest BCUT2D eigenvalue weighted by atomic mass is 16.3. The van der Waals surface area contributed by atoms with E-state index in [1.54, 1.807) is 18.4 Å². The molecular weight excluding hydrogens is 326 g/mol. The van der Waals surface area contributed by atoms with E-state index in [1.165, 1.54) is 17.3 Å². The van der Waals surface area contributed by atoms with Crippen LogP contribution in [0.2, 0.25) is 0 Å². The van der Waals surface area contributed by atoms with Crippen molar-refractivity contribution in [2.45, 2.75) is 31.8 Å². The molecule has 4 rings (SSSR count). The number of aromatic nitrogens is 2. The van der Waals surface area contributed by atoms with E-state index in [2.05, 4.69) is 27.2 Å². The standard InChI is InChI=1S/C21H21N3O2/c25-21(12-11-17-8-5-13-26-17)23-19-9-4-10-20-18(19)14-22-24(20)15-16-6-2-1-3-7-16/h1-3,5-8,11-14,19H,4,9-10,15H2,(H,23,25)/b12-11+/t19-/m0/s1. The van der Waals surface area contributed by atoms with E-state index in [4.69, 9.17) is 4.42 Å². The first-order chi connectivity index (χ1) is 12.8. The van der Waals surface area contributed by atoms with Crippen LogP contribution in [0.3, 0.4) is 0 Å². The Hall–Kier alpha value is -3.08. The van der Waals surface area contributed by atoms with Crippen LogP contribution in [0.5, 0.6) is 0 Å². The summed E-state index contributed by atoms with van der Waals surface area (Å²) in [6.45, 7) is 0.759. The number of carbonyl (C=O) groups is 1. The van der Waals surface area contributed by atoms with E-state index in [-0.39, 0.29) is 11.9 Å². The molecule has 1 amide bonds. The summed E-state index contributed by atoms with van der Waals surface area (Å²) in [4.78, 5) is 12.2. The number of fused-ring (bicyclic) bond motifs is 1. The first-order valence-electron chi connectivity index (χ1n) is 8.90. The van der Waals surface area contributed by atoms with Crippen molar-refractivity contribution < 1.29 is 9.21 Å². The van der Waals surface area contributed by atoms with E-state index in [1.807, 2.05) is 30.5 Å². The summed E-state index contributed by atoms with van der Waals surface area (Å²) in [5, 5.41) is 7.66. The van der Waals surface area contributed by atoms with Crippen molar-refractivity contribution >= 4 is 12.0 Å². The Morgan fingerprint density at radius 3 is 2.96 bits per heavy atom. The minimum Gasteiger partial charge on any atom is -0.465 e. The molecule has 26 heavy (non-hydrogen) atoms. The fourth-order valence-electron chi connectivity index (χ4n) is 3.43. The Balaban J connectivity index is 1.46. The molecule has 5 nitrogen and oxygen atoms in total. The van der Waals surface area contributed by atoms with Crippen molar-refractivity contribution in [2.24, 2.45) is 0 Å². The largest absolute Gasteiger partial charge is 0.465 e. The van der Waals surface area contributed by atoms with E-state index in [0.29, 0.717) is 5.76 Å². The van der Waals surface area contributed by atoms with Gasteiger partial charge in [0.2, 0.25) is 5.91 Å². The molecule has 0 fully saturated rings. The third kappa shape index (κ3) is 3.61. The molecule has 5 heteroatoms. The zero-order chi connectivity index (χ0) is 17.8. The van der Waals surface area contributed by atoms with E-state index in [9.17, 15) is 4.79 Å². The summed E-state index contributed by atoms with van der Waals surface area (Å²) in [5.41, 5.74) is 3.58. The first kappa shape index (κ1) is 16.4. The SMILES string of the molecule is O=C(/C=C/c1ccco1)N[C@H]1CCCc2c1cnn2Cc1ccccc1. The van der Waals surface area contributed by atoms with E-state index < -0.39 is 0 Å². The Bertz CT molecular complexity index is 895.